The smallest absolute Gasteiger partial charge is 0.224 e. The molecule has 116 valence electrons. The third kappa shape index (κ3) is 4.20. The Morgan fingerprint density at radius 1 is 1.00 bits per heavy atom. The minimum atomic E-state index is 0.00885. The quantitative estimate of drug-likeness (QED) is 0.833. The van der Waals surface area contributed by atoms with Gasteiger partial charge in [0.25, 0.3) is 0 Å². The molecular formula is C20H25NO. The lowest BCUT2D eigenvalue weighted by Gasteiger charge is -2.23. The highest BCUT2D eigenvalue weighted by atomic mass is 16.1. The highest BCUT2D eigenvalue weighted by Gasteiger charge is 2.19. The normalized spacial score (nSPS) is 12.7. The Morgan fingerprint density at radius 2 is 1.59 bits per heavy atom. The maximum Gasteiger partial charge on any atom is 0.224 e. The molecule has 0 aromatic heterocycles. The molecule has 1 amide bonds. The molecule has 2 aromatic carbocycles. The Kier molecular flexibility index (Phi) is 5.02. The molecule has 0 aliphatic heterocycles. The molecule has 0 spiro atoms. The van der Waals surface area contributed by atoms with Crippen LogP contribution in [0.5, 0.6) is 0 Å². The van der Waals surface area contributed by atoms with Gasteiger partial charge in [0, 0.05) is 12.1 Å². The average Bonchev–Trinajstić information content (AvgIpc) is 2.47. The number of nitrogens with one attached hydrogen (secondary N) is 1. The summed E-state index contributed by atoms with van der Waals surface area (Å²) in [7, 11) is 0. The van der Waals surface area contributed by atoms with Crippen molar-refractivity contribution in [1.29, 1.82) is 0 Å². The summed E-state index contributed by atoms with van der Waals surface area (Å²) < 4.78 is 0. The largest absolute Gasteiger partial charge is 0.326 e. The van der Waals surface area contributed by atoms with Gasteiger partial charge >= 0.3 is 0 Å². The molecule has 0 aliphatic carbocycles. The fourth-order valence-corrected chi connectivity index (χ4v) is 2.62. The number of hydrogen-bond donors (Lipinski definition) is 1. The van der Waals surface area contributed by atoms with Crippen molar-refractivity contribution < 1.29 is 4.79 Å². The SMILES string of the molecule is C[C@H](CC(=O)Nc1ccccc1C(C)(C)C)c1ccccc1. The van der Waals surface area contributed by atoms with Crippen LogP contribution in [0.2, 0.25) is 0 Å². The summed E-state index contributed by atoms with van der Waals surface area (Å²) in [6.45, 7) is 8.56. The van der Waals surface area contributed by atoms with Crippen LogP contribution in [0.3, 0.4) is 0 Å². The average molecular weight is 295 g/mol. The van der Waals surface area contributed by atoms with Crippen molar-refractivity contribution in [2.75, 3.05) is 5.32 Å². The van der Waals surface area contributed by atoms with E-state index in [-0.39, 0.29) is 17.2 Å². The number of benzene rings is 2. The first kappa shape index (κ1) is 16.3. The van der Waals surface area contributed by atoms with E-state index in [4.69, 9.17) is 0 Å². The monoisotopic (exact) mass is 295 g/mol. The van der Waals surface area contributed by atoms with Crippen LogP contribution >= 0.6 is 0 Å². The van der Waals surface area contributed by atoms with E-state index in [1.54, 1.807) is 0 Å². The van der Waals surface area contributed by atoms with Gasteiger partial charge in [-0.3, -0.25) is 4.79 Å². The fraction of sp³-hybridized carbons (Fsp3) is 0.350. The maximum absolute atomic E-state index is 12.4. The van der Waals surface area contributed by atoms with Gasteiger partial charge < -0.3 is 5.32 Å². The van der Waals surface area contributed by atoms with E-state index in [1.165, 1.54) is 5.56 Å². The van der Waals surface area contributed by atoms with Gasteiger partial charge in [-0.15, -0.1) is 0 Å². The van der Waals surface area contributed by atoms with E-state index in [9.17, 15) is 4.79 Å². The van der Waals surface area contributed by atoms with Crippen molar-refractivity contribution in [3.05, 3.63) is 65.7 Å². The number of rotatable bonds is 4. The van der Waals surface area contributed by atoms with Gasteiger partial charge in [0.2, 0.25) is 5.91 Å². The number of para-hydroxylation sites is 1. The minimum absolute atomic E-state index is 0.00885. The third-order valence-electron chi connectivity index (χ3n) is 3.87. The van der Waals surface area contributed by atoms with Crippen molar-refractivity contribution in [2.45, 2.75) is 45.4 Å². The number of carbonyl (C=O) groups excluding carboxylic acids is 1. The van der Waals surface area contributed by atoms with Crippen molar-refractivity contribution in [2.24, 2.45) is 0 Å². The molecule has 2 aromatic rings. The second kappa shape index (κ2) is 6.78. The summed E-state index contributed by atoms with van der Waals surface area (Å²) in [6.07, 6.45) is 0.489. The molecule has 2 rings (SSSR count). The lowest BCUT2D eigenvalue weighted by atomic mass is 9.85. The van der Waals surface area contributed by atoms with Gasteiger partial charge in [0.1, 0.15) is 0 Å². The lowest BCUT2D eigenvalue weighted by molar-refractivity contribution is -0.116. The molecular weight excluding hydrogens is 270 g/mol. The van der Waals surface area contributed by atoms with Crippen LogP contribution in [0.1, 0.15) is 51.2 Å². The highest BCUT2D eigenvalue weighted by molar-refractivity contribution is 5.92. The van der Waals surface area contributed by atoms with E-state index in [0.717, 1.165) is 11.3 Å². The standard InChI is InChI=1S/C20H25NO/c1-15(16-10-6-5-7-11-16)14-19(22)21-18-13-9-8-12-17(18)20(2,3)4/h5-13,15H,14H2,1-4H3,(H,21,22)/t15-/m1/s1. The molecule has 1 atom stereocenters. The zero-order valence-corrected chi connectivity index (χ0v) is 13.9. The summed E-state index contributed by atoms with van der Waals surface area (Å²) in [5, 5.41) is 3.08. The molecule has 0 fully saturated rings. The van der Waals surface area contributed by atoms with Gasteiger partial charge in [-0.25, -0.2) is 0 Å². The van der Waals surface area contributed by atoms with Crippen LogP contribution < -0.4 is 5.32 Å². The molecule has 2 nitrogen and oxygen atoms in total. The topological polar surface area (TPSA) is 29.1 Å². The van der Waals surface area contributed by atoms with E-state index < -0.39 is 0 Å². The Labute approximate surface area is 133 Å². The second-order valence-electron chi connectivity index (χ2n) is 6.86. The predicted molar refractivity (Wildman–Crippen MR) is 93.2 cm³/mol. The first-order chi connectivity index (χ1) is 10.4. The molecule has 0 saturated heterocycles. The second-order valence-corrected chi connectivity index (χ2v) is 6.86. The number of hydrogen-bond acceptors (Lipinski definition) is 1. The molecule has 22 heavy (non-hydrogen) atoms. The summed E-state index contributed by atoms with van der Waals surface area (Å²) >= 11 is 0. The van der Waals surface area contributed by atoms with Gasteiger partial charge in [-0.1, -0.05) is 76.2 Å². The van der Waals surface area contributed by atoms with E-state index in [1.807, 2.05) is 36.4 Å². The molecule has 0 radical (unpaired) electrons. The van der Waals surface area contributed by atoms with Gasteiger partial charge in [-0.2, -0.15) is 0 Å². The van der Waals surface area contributed by atoms with Crippen LogP contribution in [-0.4, -0.2) is 5.91 Å². The first-order valence-corrected chi connectivity index (χ1v) is 7.82. The number of anilines is 1. The van der Waals surface area contributed by atoms with Crippen LogP contribution in [0.4, 0.5) is 5.69 Å². The molecule has 0 saturated carbocycles. The highest BCUT2D eigenvalue weighted by Crippen LogP contribution is 2.29. The van der Waals surface area contributed by atoms with Crippen LogP contribution in [0.25, 0.3) is 0 Å². The number of amides is 1. The van der Waals surface area contributed by atoms with E-state index in [0.29, 0.717) is 6.42 Å². The van der Waals surface area contributed by atoms with Crippen molar-refractivity contribution in [1.82, 2.24) is 0 Å². The maximum atomic E-state index is 12.4. The minimum Gasteiger partial charge on any atom is -0.326 e. The van der Waals surface area contributed by atoms with Crippen molar-refractivity contribution >= 4 is 11.6 Å². The lowest BCUT2D eigenvalue weighted by Crippen LogP contribution is -2.19. The summed E-state index contributed by atoms with van der Waals surface area (Å²) in [6, 6.07) is 18.2. The molecule has 0 heterocycles. The predicted octanol–water partition coefficient (Wildman–Crippen LogP) is 5.12. The fourth-order valence-electron chi connectivity index (χ4n) is 2.62. The van der Waals surface area contributed by atoms with Gasteiger partial charge in [-0.05, 0) is 28.5 Å². The van der Waals surface area contributed by atoms with Crippen molar-refractivity contribution in [3.8, 4) is 0 Å². The Morgan fingerprint density at radius 3 is 2.23 bits per heavy atom. The van der Waals surface area contributed by atoms with Crippen LogP contribution in [0, 0.1) is 0 Å². The van der Waals surface area contributed by atoms with Crippen LogP contribution in [0.15, 0.2) is 54.6 Å². The zero-order valence-electron chi connectivity index (χ0n) is 13.9. The van der Waals surface area contributed by atoms with Crippen LogP contribution in [-0.2, 0) is 10.2 Å². The first-order valence-electron chi connectivity index (χ1n) is 7.82. The third-order valence-corrected chi connectivity index (χ3v) is 3.87. The van der Waals surface area contributed by atoms with E-state index in [2.05, 4.69) is 51.2 Å². The zero-order chi connectivity index (χ0) is 16.2. The van der Waals surface area contributed by atoms with Gasteiger partial charge in [0.05, 0.1) is 0 Å². The Bertz CT molecular complexity index is 626. The molecule has 0 bridgehead atoms. The Hall–Kier alpha value is -2.09. The van der Waals surface area contributed by atoms with Gasteiger partial charge in [0.15, 0.2) is 0 Å². The summed E-state index contributed by atoms with van der Waals surface area (Å²) in [4.78, 5) is 12.4. The number of carbonyl (C=O) groups is 1. The summed E-state index contributed by atoms with van der Waals surface area (Å²) in [5.41, 5.74) is 3.28. The summed E-state index contributed by atoms with van der Waals surface area (Å²) in [5.74, 6) is 0.274. The van der Waals surface area contributed by atoms with Crippen molar-refractivity contribution in [3.63, 3.8) is 0 Å². The molecule has 0 aliphatic rings. The molecule has 1 N–H and O–H groups in total. The molecule has 0 unspecified atom stereocenters. The molecule has 2 heteroatoms. The van der Waals surface area contributed by atoms with E-state index >= 15 is 0 Å². The Balaban J connectivity index is 2.07.